The summed E-state index contributed by atoms with van der Waals surface area (Å²) in [5.41, 5.74) is 6.26. The largest absolute Gasteiger partial charge is 0.496 e. The SMILES string of the molecule is COc1ccc(C(F)(F)F)cc1-c1cccc(C(=O)N2CCC(N)C2)c1.Cl. The van der Waals surface area contributed by atoms with E-state index in [1.807, 2.05) is 0 Å². The first kappa shape index (κ1) is 21.1. The topological polar surface area (TPSA) is 55.6 Å². The maximum absolute atomic E-state index is 13.1. The van der Waals surface area contributed by atoms with Gasteiger partial charge >= 0.3 is 6.18 Å². The summed E-state index contributed by atoms with van der Waals surface area (Å²) in [6.07, 6.45) is -3.72. The van der Waals surface area contributed by atoms with Crippen LogP contribution < -0.4 is 10.5 Å². The molecule has 0 radical (unpaired) electrons. The Morgan fingerprint density at radius 1 is 1.22 bits per heavy atom. The van der Waals surface area contributed by atoms with Crippen molar-refractivity contribution in [2.45, 2.75) is 18.6 Å². The summed E-state index contributed by atoms with van der Waals surface area (Å²) in [7, 11) is 1.40. The van der Waals surface area contributed by atoms with Crippen molar-refractivity contribution in [3.05, 3.63) is 53.6 Å². The number of benzene rings is 2. The summed E-state index contributed by atoms with van der Waals surface area (Å²) in [5.74, 6) is 0.136. The normalized spacial score (nSPS) is 16.8. The highest BCUT2D eigenvalue weighted by molar-refractivity contribution is 5.96. The van der Waals surface area contributed by atoms with Crippen molar-refractivity contribution in [1.82, 2.24) is 4.90 Å². The maximum Gasteiger partial charge on any atom is 0.416 e. The van der Waals surface area contributed by atoms with Crippen molar-refractivity contribution in [3.63, 3.8) is 0 Å². The highest BCUT2D eigenvalue weighted by Crippen LogP contribution is 2.37. The van der Waals surface area contributed by atoms with Crippen LogP contribution in [0, 0.1) is 0 Å². The lowest BCUT2D eigenvalue weighted by Gasteiger charge is -2.17. The molecule has 27 heavy (non-hydrogen) atoms. The van der Waals surface area contributed by atoms with Gasteiger partial charge in [-0.05, 0) is 42.3 Å². The molecule has 1 aliphatic rings. The van der Waals surface area contributed by atoms with Gasteiger partial charge in [-0.3, -0.25) is 4.79 Å². The average molecular weight is 401 g/mol. The molecule has 1 heterocycles. The van der Waals surface area contributed by atoms with Crippen LogP contribution in [0.2, 0.25) is 0 Å². The van der Waals surface area contributed by atoms with Crippen LogP contribution in [0.15, 0.2) is 42.5 Å². The van der Waals surface area contributed by atoms with Gasteiger partial charge in [0.15, 0.2) is 0 Å². The molecule has 4 nitrogen and oxygen atoms in total. The van der Waals surface area contributed by atoms with E-state index >= 15 is 0 Å². The molecule has 2 aromatic carbocycles. The predicted molar refractivity (Wildman–Crippen MR) is 99.2 cm³/mol. The number of halogens is 4. The molecule has 8 heteroatoms. The van der Waals surface area contributed by atoms with Crippen LogP contribution in [0.3, 0.4) is 0 Å². The molecule has 0 aliphatic carbocycles. The second kappa shape index (κ2) is 8.19. The Balaban J connectivity index is 0.00000261. The van der Waals surface area contributed by atoms with Gasteiger partial charge in [0.25, 0.3) is 5.91 Å². The molecule has 0 saturated carbocycles. The zero-order chi connectivity index (χ0) is 18.9. The molecular weight excluding hydrogens is 381 g/mol. The van der Waals surface area contributed by atoms with Gasteiger partial charge in [-0.25, -0.2) is 0 Å². The molecular formula is C19H20ClF3N2O2. The van der Waals surface area contributed by atoms with Crippen molar-refractivity contribution >= 4 is 18.3 Å². The third-order valence-electron chi connectivity index (χ3n) is 4.46. The van der Waals surface area contributed by atoms with E-state index in [9.17, 15) is 18.0 Å². The van der Waals surface area contributed by atoms with Crippen LogP contribution in [-0.4, -0.2) is 37.0 Å². The number of rotatable bonds is 3. The van der Waals surface area contributed by atoms with Gasteiger partial charge < -0.3 is 15.4 Å². The van der Waals surface area contributed by atoms with Gasteiger partial charge in [-0.15, -0.1) is 12.4 Å². The quantitative estimate of drug-likeness (QED) is 0.848. The first-order valence-corrected chi connectivity index (χ1v) is 8.20. The number of amides is 1. The minimum absolute atomic E-state index is 0. The lowest BCUT2D eigenvalue weighted by Crippen LogP contribution is -2.31. The lowest BCUT2D eigenvalue weighted by atomic mass is 9.99. The first-order valence-electron chi connectivity index (χ1n) is 8.20. The van der Waals surface area contributed by atoms with Crippen LogP contribution in [0.1, 0.15) is 22.3 Å². The maximum atomic E-state index is 13.1. The number of carbonyl (C=O) groups excluding carboxylic acids is 1. The predicted octanol–water partition coefficient (Wildman–Crippen LogP) is 3.98. The molecule has 2 N–H and O–H groups in total. The fourth-order valence-electron chi connectivity index (χ4n) is 3.08. The summed E-state index contributed by atoms with van der Waals surface area (Å²) >= 11 is 0. The summed E-state index contributed by atoms with van der Waals surface area (Å²) < 4.78 is 44.4. The number of likely N-dealkylation sites (tertiary alicyclic amines) is 1. The summed E-state index contributed by atoms with van der Waals surface area (Å²) in [4.78, 5) is 14.3. The summed E-state index contributed by atoms with van der Waals surface area (Å²) in [6.45, 7) is 1.06. The molecule has 0 aromatic heterocycles. The number of nitrogens with two attached hydrogens (primary N) is 1. The van der Waals surface area contributed by atoms with E-state index in [-0.39, 0.29) is 29.9 Å². The summed E-state index contributed by atoms with van der Waals surface area (Å²) in [6, 6.07) is 9.80. The van der Waals surface area contributed by atoms with Gasteiger partial charge in [0, 0.05) is 30.3 Å². The molecule has 146 valence electrons. The molecule has 0 bridgehead atoms. The molecule has 1 fully saturated rings. The van der Waals surface area contributed by atoms with Crippen molar-refractivity contribution < 1.29 is 22.7 Å². The number of hydrogen-bond acceptors (Lipinski definition) is 3. The molecule has 3 rings (SSSR count). The zero-order valence-electron chi connectivity index (χ0n) is 14.6. The van der Waals surface area contributed by atoms with Gasteiger partial charge in [0.1, 0.15) is 5.75 Å². The molecule has 1 unspecified atom stereocenters. The van der Waals surface area contributed by atoms with Gasteiger partial charge in [0.05, 0.1) is 12.7 Å². The third-order valence-corrected chi connectivity index (χ3v) is 4.46. The Bertz CT molecular complexity index is 827. The fraction of sp³-hybridized carbons (Fsp3) is 0.316. The minimum Gasteiger partial charge on any atom is -0.496 e. The van der Waals surface area contributed by atoms with Gasteiger partial charge in [-0.2, -0.15) is 13.2 Å². The second-order valence-corrected chi connectivity index (χ2v) is 6.29. The molecule has 2 aromatic rings. The van der Waals surface area contributed by atoms with E-state index in [1.165, 1.54) is 13.2 Å². The van der Waals surface area contributed by atoms with Crippen molar-refractivity contribution in [2.24, 2.45) is 5.73 Å². The number of alkyl halides is 3. The molecule has 0 spiro atoms. The Hall–Kier alpha value is -2.25. The van der Waals surface area contributed by atoms with Crippen LogP contribution >= 0.6 is 12.4 Å². The standard InChI is InChI=1S/C19H19F3N2O2.ClH/c1-26-17-6-5-14(19(20,21)22)10-16(17)12-3-2-4-13(9-12)18(25)24-8-7-15(23)11-24;/h2-6,9-10,15H,7-8,11,23H2,1H3;1H. The highest BCUT2D eigenvalue weighted by Gasteiger charge is 2.31. The van der Waals surface area contributed by atoms with E-state index in [0.29, 0.717) is 30.0 Å². The second-order valence-electron chi connectivity index (χ2n) is 6.29. The van der Waals surface area contributed by atoms with E-state index in [1.54, 1.807) is 29.2 Å². The fourth-order valence-corrected chi connectivity index (χ4v) is 3.08. The van der Waals surface area contributed by atoms with E-state index in [4.69, 9.17) is 10.5 Å². The van der Waals surface area contributed by atoms with Crippen molar-refractivity contribution in [3.8, 4) is 16.9 Å². The van der Waals surface area contributed by atoms with Gasteiger partial charge in [0.2, 0.25) is 0 Å². The Kier molecular flexibility index (Phi) is 6.38. The number of carbonyl (C=O) groups is 1. The Morgan fingerprint density at radius 3 is 2.56 bits per heavy atom. The molecule has 1 saturated heterocycles. The Morgan fingerprint density at radius 2 is 1.96 bits per heavy atom. The van der Waals surface area contributed by atoms with Crippen LogP contribution in [0.5, 0.6) is 5.75 Å². The highest BCUT2D eigenvalue weighted by atomic mass is 35.5. The number of methoxy groups -OCH3 is 1. The van der Waals surface area contributed by atoms with E-state index < -0.39 is 11.7 Å². The van der Waals surface area contributed by atoms with Gasteiger partial charge in [-0.1, -0.05) is 12.1 Å². The van der Waals surface area contributed by atoms with E-state index in [0.717, 1.165) is 18.6 Å². The smallest absolute Gasteiger partial charge is 0.416 e. The van der Waals surface area contributed by atoms with Crippen LogP contribution in [0.25, 0.3) is 11.1 Å². The molecule has 1 amide bonds. The third kappa shape index (κ3) is 4.54. The summed E-state index contributed by atoms with van der Waals surface area (Å²) in [5, 5.41) is 0. The monoisotopic (exact) mass is 400 g/mol. The van der Waals surface area contributed by atoms with Crippen LogP contribution in [-0.2, 0) is 6.18 Å². The van der Waals surface area contributed by atoms with Crippen molar-refractivity contribution in [2.75, 3.05) is 20.2 Å². The number of ether oxygens (including phenoxy) is 1. The number of hydrogen-bond donors (Lipinski definition) is 1. The van der Waals surface area contributed by atoms with Crippen LogP contribution in [0.4, 0.5) is 13.2 Å². The number of nitrogens with zero attached hydrogens (tertiary/aromatic N) is 1. The Labute approximate surface area is 161 Å². The minimum atomic E-state index is -4.46. The average Bonchev–Trinajstić information content (AvgIpc) is 3.06. The first-order chi connectivity index (χ1) is 12.3. The molecule has 1 atom stereocenters. The molecule has 1 aliphatic heterocycles. The zero-order valence-corrected chi connectivity index (χ0v) is 15.4. The lowest BCUT2D eigenvalue weighted by molar-refractivity contribution is -0.137. The van der Waals surface area contributed by atoms with Crippen molar-refractivity contribution in [1.29, 1.82) is 0 Å². The van der Waals surface area contributed by atoms with E-state index in [2.05, 4.69) is 0 Å².